The molecule has 1 aromatic rings. The van der Waals surface area contributed by atoms with E-state index >= 15 is 0 Å². The molecule has 0 saturated carbocycles. The molecule has 0 aliphatic rings. The van der Waals surface area contributed by atoms with E-state index in [1.807, 2.05) is 24.3 Å². The fraction of sp³-hybridized carbons (Fsp3) is 0.471. The smallest absolute Gasteiger partial charge is 0.303 e. The second-order valence-electron chi connectivity index (χ2n) is 5.54. The predicted octanol–water partition coefficient (Wildman–Crippen LogP) is 2.56. The molecular weight excluding hydrogens is 376 g/mol. The highest BCUT2D eigenvalue weighted by Gasteiger charge is 2.11. The van der Waals surface area contributed by atoms with Crippen LogP contribution < -0.4 is 5.32 Å². The molecular formula is C17H23BrN2O4. The molecule has 0 bridgehead atoms. The minimum atomic E-state index is -0.853. The fourth-order valence-corrected chi connectivity index (χ4v) is 2.53. The van der Waals surface area contributed by atoms with E-state index in [2.05, 4.69) is 21.2 Å². The van der Waals surface area contributed by atoms with Gasteiger partial charge in [-0.25, -0.2) is 0 Å². The Labute approximate surface area is 150 Å². The number of nitrogens with one attached hydrogen (secondary N) is 1. The summed E-state index contributed by atoms with van der Waals surface area (Å²) in [5.41, 5.74) is 1.02. The number of carboxylic acid groups (broad SMARTS) is 1. The Bertz CT molecular complexity index is 577. The van der Waals surface area contributed by atoms with E-state index < -0.39 is 5.97 Å². The van der Waals surface area contributed by atoms with Gasteiger partial charge in [-0.2, -0.15) is 0 Å². The van der Waals surface area contributed by atoms with Gasteiger partial charge in [-0.3, -0.25) is 14.4 Å². The van der Waals surface area contributed by atoms with Crippen LogP contribution in [0.15, 0.2) is 28.7 Å². The monoisotopic (exact) mass is 398 g/mol. The summed E-state index contributed by atoms with van der Waals surface area (Å²) in [5, 5.41) is 11.2. The summed E-state index contributed by atoms with van der Waals surface area (Å²) in [4.78, 5) is 35.6. The predicted molar refractivity (Wildman–Crippen MR) is 94.3 cm³/mol. The number of hydrogen-bond acceptors (Lipinski definition) is 3. The number of halogens is 1. The first kappa shape index (κ1) is 20.2. The maximum absolute atomic E-state index is 12.1. The Hall–Kier alpha value is -1.89. The van der Waals surface area contributed by atoms with Gasteiger partial charge in [-0.05, 0) is 24.5 Å². The van der Waals surface area contributed by atoms with Crippen molar-refractivity contribution in [1.29, 1.82) is 0 Å². The zero-order chi connectivity index (χ0) is 17.9. The summed E-state index contributed by atoms with van der Waals surface area (Å²) in [6.45, 7) is 0.792. The molecule has 0 atom stereocenters. The third-order valence-corrected chi connectivity index (χ3v) is 4.27. The Morgan fingerprint density at radius 1 is 1.12 bits per heavy atom. The van der Waals surface area contributed by atoms with Crippen LogP contribution in [-0.2, 0) is 20.9 Å². The van der Waals surface area contributed by atoms with E-state index in [0.717, 1.165) is 10.0 Å². The van der Waals surface area contributed by atoms with E-state index in [4.69, 9.17) is 5.11 Å². The number of amides is 2. The largest absolute Gasteiger partial charge is 0.481 e. The molecule has 0 aliphatic carbocycles. The Morgan fingerprint density at radius 2 is 1.79 bits per heavy atom. The molecule has 2 N–H and O–H groups in total. The maximum atomic E-state index is 12.1. The lowest BCUT2D eigenvalue weighted by molar-refractivity contribution is -0.137. The van der Waals surface area contributed by atoms with E-state index in [0.29, 0.717) is 19.4 Å². The zero-order valence-electron chi connectivity index (χ0n) is 13.8. The summed E-state index contributed by atoms with van der Waals surface area (Å²) >= 11 is 3.45. The third kappa shape index (κ3) is 8.10. The van der Waals surface area contributed by atoms with Gasteiger partial charge < -0.3 is 15.3 Å². The second-order valence-corrected chi connectivity index (χ2v) is 6.40. The molecule has 6 nitrogen and oxygen atoms in total. The minimum Gasteiger partial charge on any atom is -0.481 e. The third-order valence-electron chi connectivity index (χ3n) is 3.50. The molecule has 1 aromatic carbocycles. The average Bonchev–Trinajstić information content (AvgIpc) is 2.53. The van der Waals surface area contributed by atoms with Crippen LogP contribution in [0.4, 0.5) is 0 Å². The van der Waals surface area contributed by atoms with Crippen LogP contribution in [0, 0.1) is 0 Å². The molecule has 0 saturated heterocycles. The molecule has 1 rings (SSSR count). The number of hydrogen-bond donors (Lipinski definition) is 2. The Morgan fingerprint density at radius 3 is 2.46 bits per heavy atom. The standard InChI is InChI=1S/C17H23BrN2O4/c1-20(12-13-6-2-3-7-14(13)18)16(22)10-11-19-15(21)8-4-5-9-17(23)24/h2-3,6-7H,4-5,8-12H2,1H3,(H,19,21)(H,23,24). The average molecular weight is 399 g/mol. The quantitative estimate of drug-likeness (QED) is 0.592. The fourth-order valence-electron chi connectivity index (χ4n) is 2.12. The van der Waals surface area contributed by atoms with E-state index in [9.17, 15) is 14.4 Å². The van der Waals surface area contributed by atoms with Crippen molar-refractivity contribution in [3.05, 3.63) is 34.3 Å². The normalized spacial score (nSPS) is 10.2. The number of unbranched alkanes of at least 4 members (excludes halogenated alkanes) is 1. The molecule has 0 unspecified atom stereocenters. The number of carbonyl (C=O) groups excluding carboxylic acids is 2. The Kier molecular flexibility index (Phi) is 9.07. The summed E-state index contributed by atoms with van der Waals surface area (Å²) in [5.74, 6) is -1.05. The van der Waals surface area contributed by atoms with Crippen molar-refractivity contribution in [3.8, 4) is 0 Å². The van der Waals surface area contributed by atoms with Gasteiger partial charge in [0, 0.05) is 43.9 Å². The van der Waals surface area contributed by atoms with Gasteiger partial charge in [-0.1, -0.05) is 34.1 Å². The summed E-state index contributed by atoms with van der Waals surface area (Å²) in [6.07, 6.45) is 1.62. The van der Waals surface area contributed by atoms with Crippen molar-refractivity contribution in [2.24, 2.45) is 0 Å². The van der Waals surface area contributed by atoms with Crippen molar-refractivity contribution >= 4 is 33.7 Å². The van der Waals surface area contributed by atoms with E-state index in [1.54, 1.807) is 11.9 Å². The van der Waals surface area contributed by atoms with E-state index in [1.165, 1.54) is 0 Å². The van der Waals surface area contributed by atoms with Crippen LogP contribution in [0.25, 0.3) is 0 Å². The highest BCUT2D eigenvalue weighted by molar-refractivity contribution is 9.10. The van der Waals surface area contributed by atoms with Gasteiger partial charge in [0.05, 0.1) is 0 Å². The van der Waals surface area contributed by atoms with Gasteiger partial charge in [0.25, 0.3) is 0 Å². The van der Waals surface area contributed by atoms with Crippen molar-refractivity contribution in [2.45, 2.75) is 38.6 Å². The van der Waals surface area contributed by atoms with Crippen molar-refractivity contribution in [1.82, 2.24) is 10.2 Å². The zero-order valence-corrected chi connectivity index (χ0v) is 15.3. The lowest BCUT2D eigenvalue weighted by Crippen LogP contribution is -2.31. The van der Waals surface area contributed by atoms with E-state index in [-0.39, 0.29) is 37.6 Å². The number of carboxylic acids is 1. The van der Waals surface area contributed by atoms with Crippen LogP contribution in [-0.4, -0.2) is 41.4 Å². The lowest BCUT2D eigenvalue weighted by Gasteiger charge is -2.18. The highest BCUT2D eigenvalue weighted by atomic mass is 79.9. The first-order chi connectivity index (χ1) is 11.4. The number of nitrogens with zero attached hydrogens (tertiary/aromatic N) is 1. The van der Waals surface area contributed by atoms with Gasteiger partial charge in [-0.15, -0.1) is 0 Å². The van der Waals surface area contributed by atoms with Crippen LogP contribution >= 0.6 is 15.9 Å². The second kappa shape index (κ2) is 10.8. The first-order valence-electron chi connectivity index (χ1n) is 7.86. The van der Waals surface area contributed by atoms with Gasteiger partial charge in [0.15, 0.2) is 0 Å². The summed E-state index contributed by atoms with van der Waals surface area (Å²) in [6, 6.07) is 7.72. The van der Waals surface area contributed by atoms with Gasteiger partial charge >= 0.3 is 5.97 Å². The Balaban J connectivity index is 2.22. The lowest BCUT2D eigenvalue weighted by atomic mass is 10.2. The van der Waals surface area contributed by atoms with Crippen LogP contribution in [0.1, 0.15) is 37.7 Å². The van der Waals surface area contributed by atoms with Gasteiger partial charge in [0.1, 0.15) is 0 Å². The summed E-state index contributed by atoms with van der Waals surface area (Å²) in [7, 11) is 1.73. The SMILES string of the molecule is CN(Cc1ccccc1Br)C(=O)CCNC(=O)CCCCC(=O)O. The molecule has 0 spiro atoms. The van der Waals surface area contributed by atoms with Crippen molar-refractivity contribution in [2.75, 3.05) is 13.6 Å². The van der Waals surface area contributed by atoms with Crippen molar-refractivity contribution in [3.63, 3.8) is 0 Å². The molecule has 132 valence electrons. The van der Waals surface area contributed by atoms with Crippen molar-refractivity contribution < 1.29 is 19.5 Å². The van der Waals surface area contributed by atoms with Crippen LogP contribution in [0.2, 0.25) is 0 Å². The number of aliphatic carboxylic acids is 1. The first-order valence-corrected chi connectivity index (χ1v) is 8.65. The number of benzene rings is 1. The molecule has 0 heterocycles. The van der Waals surface area contributed by atoms with Gasteiger partial charge in [0.2, 0.25) is 11.8 Å². The minimum absolute atomic E-state index is 0.0445. The molecule has 0 aromatic heterocycles. The summed E-state index contributed by atoms with van der Waals surface area (Å²) < 4.78 is 0.958. The molecule has 7 heteroatoms. The van der Waals surface area contributed by atoms with Crippen LogP contribution in [0.5, 0.6) is 0 Å². The molecule has 24 heavy (non-hydrogen) atoms. The molecule has 2 amide bonds. The molecule has 0 fully saturated rings. The van der Waals surface area contributed by atoms with Crippen LogP contribution in [0.3, 0.4) is 0 Å². The molecule has 0 aliphatic heterocycles. The number of carbonyl (C=O) groups is 3. The molecule has 0 radical (unpaired) electrons. The highest BCUT2D eigenvalue weighted by Crippen LogP contribution is 2.17. The maximum Gasteiger partial charge on any atom is 0.303 e. The number of rotatable bonds is 10. The topological polar surface area (TPSA) is 86.7 Å².